The van der Waals surface area contributed by atoms with Crippen LogP contribution >= 0.6 is 11.6 Å². The molecule has 1 aromatic rings. The average Bonchev–Trinajstić information content (AvgIpc) is 2.43. The van der Waals surface area contributed by atoms with Crippen molar-refractivity contribution in [3.8, 4) is 11.9 Å². The lowest BCUT2D eigenvalue weighted by atomic mass is 10.4. The standard InChI is InChI=1S/C7H6ClN3O2/c8-7-4(2-9)1-6(11-7)13-3-5(10)12/h1,11H,3H2,(H2,10,12). The molecule has 68 valence electrons. The van der Waals surface area contributed by atoms with E-state index in [0.717, 1.165) is 0 Å². The molecule has 0 bridgehead atoms. The number of rotatable bonds is 3. The summed E-state index contributed by atoms with van der Waals surface area (Å²) in [5.74, 6) is -0.343. The predicted octanol–water partition coefficient (Wildman–Crippen LogP) is 0.404. The molecule has 0 saturated carbocycles. The van der Waals surface area contributed by atoms with Crippen molar-refractivity contribution in [1.82, 2.24) is 4.98 Å². The number of ether oxygens (including phenoxy) is 1. The van der Waals surface area contributed by atoms with Gasteiger partial charge in [0.1, 0.15) is 11.2 Å². The first-order chi connectivity index (χ1) is 6.13. The Labute approximate surface area is 79.0 Å². The second-order valence-electron chi connectivity index (χ2n) is 2.23. The highest BCUT2D eigenvalue weighted by molar-refractivity contribution is 6.30. The molecule has 0 saturated heterocycles. The van der Waals surface area contributed by atoms with Crippen LogP contribution in [0.4, 0.5) is 0 Å². The van der Waals surface area contributed by atoms with Crippen molar-refractivity contribution >= 4 is 17.5 Å². The number of primary amides is 1. The molecule has 0 aromatic carbocycles. The number of nitrogens with one attached hydrogen (secondary N) is 1. The number of nitrogens with two attached hydrogens (primary N) is 1. The largest absolute Gasteiger partial charge is 0.469 e. The Kier molecular flexibility index (Phi) is 2.77. The minimum atomic E-state index is -0.593. The van der Waals surface area contributed by atoms with E-state index in [2.05, 4.69) is 4.98 Å². The summed E-state index contributed by atoms with van der Waals surface area (Å²) in [7, 11) is 0. The number of carbonyl (C=O) groups is 1. The van der Waals surface area contributed by atoms with Crippen LogP contribution in [0.1, 0.15) is 5.56 Å². The fraction of sp³-hybridized carbons (Fsp3) is 0.143. The predicted molar refractivity (Wildman–Crippen MR) is 45.2 cm³/mol. The van der Waals surface area contributed by atoms with Gasteiger partial charge in [-0.3, -0.25) is 4.79 Å². The normalized spacial score (nSPS) is 9.23. The summed E-state index contributed by atoms with van der Waals surface area (Å²) in [5, 5.41) is 8.69. The summed E-state index contributed by atoms with van der Waals surface area (Å²) in [6.07, 6.45) is 0. The Morgan fingerprint density at radius 1 is 1.85 bits per heavy atom. The van der Waals surface area contributed by atoms with Gasteiger partial charge in [-0.05, 0) is 0 Å². The number of aromatic nitrogens is 1. The third-order valence-corrected chi connectivity index (χ3v) is 1.53. The number of halogens is 1. The molecular formula is C7H6ClN3O2. The minimum absolute atomic E-state index is 0.182. The first kappa shape index (κ1) is 9.42. The Morgan fingerprint density at radius 2 is 2.54 bits per heavy atom. The van der Waals surface area contributed by atoms with Gasteiger partial charge in [0.15, 0.2) is 12.5 Å². The van der Waals surface area contributed by atoms with Crippen molar-refractivity contribution in [2.45, 2.75) is 0 Å². The van der Waals surface area contributed by atoms with Crippen LogP contribution < -0.4 is 10.5 Å². The van der Waals surface area contributed by atoms with Gasteiger partial charge in [-0.25, -0.2) is 0 Å². The van der Waals surface area contributed by atoms with Gasteiger partial charge < -0.3 is 15.5 Å². The van der Waals surface area contributed by atoms with Crippen LogP contribution in [0.25, 0.3) is 0 Å². The van der Waals surface area contributed by atoms with Crippen LogP contribution in [0.2, 0.25) is 5.15 Å². The van der Waals surface area contributed by atoms with Crippen LogP contribution in [-0.4, -0.2) is 17.5 Å². The SMILES string of the molecule is N#Cc1cc(OCC(N)=O)[nH]c1Cl. The molecule has 0 aliphatic carbocycles. The van der Waals surface area contributed by atoms with E-state index in [-0.39, 0.29) is 23.2 Å². The fourth-order valence-corrected chi connectivity index (χ4v) is 0.904. The van der Waals surface area contributed by atoms with E-state index in [4.69, 9.17) is 27.3 Å². The molecule has 6 heteroatoms. The summed E-state index contributed by atoms with van der Waals surface area (Å²) >= 11 is 5.59. The molecule has 3 N–H and O–H groups in total. The molecule has 0 aliphatic rings. The van der Waals surface area contributed by atoms with Crippen LogP contribution in [0, 0.1) is 11.3 Å². The van der Waals surface area contributed by atoms with Crippen molar-refractivity contribution < 1.29 is 9.53 Å². The number of carbonyl (C=O) groups excluding carboxylic acids is 1. The van der Waals surface area contributed by atoms with Crippen molar-refractivity contribution in [1.29, 1.82) is 5.26 Å². The summed E-state index contributed by atoms with van der Waals surface area (Å²) < 4.78 is 4.87. The van der Waals surface area contributed by atoms with E-state index in [0.29, 0.717) is 0 Å². The highest BCUT2D eigenvalue weighted by Gasteiger charge is 2.06. The molecule has 13 heavy (non-hydrogen) atoms. The van der Waals surface area contributed by atoms with Gasteiger partial charge in [-0.1, -0.05) is 11.6 Å². The molecule has 0 fully saturated rings. The van der Waals surface area contributed by atoms with E-state index in [1.165, 1.54) is 6.07 Å². The molecule has 0 spiro atoms. The lowest BCUT2D eigenvalue weighted by Crippen LogP contribution is -2.20. The van der Waals surface area contributed by atoms with E-state index >= 15 is 0 Å². The number of amides is 1. The number of hydrogen-bond donors (Lipinski definition) is 2. The smallest absolute Gasteiger partial charge is 0.255 e. The van der Waals surface area contributed by atoms with E-state index in [1.54, 1.807) is 0 Å². The Morgan fingerprint density at radius 3 is 3.00 bits per heavy atom. The number of aromatic amines is 1. The van der Waals surface area contributed by atoms with Gasteiger partial charge in [-0.15, -0.1) is 0 Å². The monoisotopic (exact) mass is 199 g/mol. The van der Waals surface area contributed by atoms with Crippen molar-refractivity contribution in [2.75, 3.05) is 6.61 Å². The molecule has 1 heterocycles. The van der Waals surface area contributed by atoms with Gasteiger partial charge >= 0.3 is 0 Å². The van der Waals surface area contributed by atoms with Crippen molar-refractivity contribution in [3.05, 3.63) is 16.8 Å². The number of nitriles is 1. The van der Waals surface area contributed by atoms with E-state index < -0.39 is 5.91 Å². The molecule has 0 unspecified atom stereocenters. The van der Waals surface area contributed by atoms with E-state index in [9.17, 15) is 4.79 Å². The second-order valence-corrected chi connectivity index (χ2v) is 2.61. The van der Waals surface area contributed by atoms with Crippen LogP contribution in [-0.2, 0) is 4.79 Å². The summed E-state index contributed by atoms with van der Waals surface area (Å²) in [5.41, 5.74) is 5.11. The second kappa shape index (κ2) is 3.83. The maximum atomic E-state index is 10.3. The third-order valence-electron chi connectivity index (χ3n) is 1.24. The molecule has 1 rings (SSSR count). The highest BCUT2D eigenvalue weighted by atomic mass is 35.5. The van der Waals surface area contributed by atoms with Gasteiger partial charge in [-0.2, -0.15) is 5.26 Å². The Bertz CT molecular complexity index is 366. The summed E-state index contributed by atoms with van der Waals surface area (Å²) in [4.78, 5) is 12.9. The quantitative estimate of drug-likeness (QED) is 0.738. The average molecular weight is 200 g/mol. The zero-order chi connectivity index (χ0) is 9.84. The molecule has 0 atom stereocenters. The maximum absolute atomic E-state index is 10.3. The maximum Gasteiger partial charge on any atom is 0.255 e. The lowest BCUT2D eigenvalue weighted by molar-refractivity contribution is -0.120. The van der Waals surface area contributed by atoms with Gasteiger partial charge in [0.25, 0.3) is 5.91 Å². The Hall–Kier alpha value is -1.67. The van der Waals surface area contributed by atoms with Crippen LogP contribution in [0.5, 0.6) is 5.88 Å². The van der Waals surface area contributed by atoms with Crippen molar-refractivity contribution in [2.24, 2.45) is 5.73 Å². The zero-order valence-corrected chi connectivity index (χ0v) is 7.26. The number of hydrogen-bond acceptors (Lipinski definition) is 3. The van der Waals surface area contributed by atoms with E-state index in [1.807, 2.05) is 6.07 Å². The molecule has 0 aliphatic heterocycles. The Balaban J connectivity index is 2.69. The van der Waals surface area contributed by atoms with Crippen LogP contribution in [0.15, 0.2) is 6.07 Å². The van der Waals surface area contributed by atoms with Crippen molar-refractivity contribution in [3.63, 3.8) is 0 Å². The number of H-pyrrole nitrogens is 1. The molecule has 0 radical (unpaired) electrons. The molecule has 1 aromatic heterocycles. The first-order valence-corrected chi connectivity index (χ1v) is 3.71. The first-order valence-electron chi connectivity index (χ1n) is 3.33. The lowest BCUT2D eigenvalue weighted by Gasteiger charge is -1.97. The highest BCUT2D eigenvalue weighted by Crippen LogP contribution is 2.20. The summed E-state index contributed by atoms with van der Waals surface area (Å²) in [6.45, 7) is -0.248. The topological polar surface area (TPSA) is 91.9 Å². The zero-order valence-electron chi connectivity index (χ0n) is 6.50. The van der Waals surface area contributed by atoms with Gasteiger partial charge in [0.2, 0.25) is 0 Å². The molecule has 5 nitrogen and oxygen atoms in total. The molecular weight excluding hydrogens is 194 g/mol. The minimum Gasteiger partial charge on any atom is -0.469 e. The molecule has 1 amide bonds. The third kappa shape index (κ3) is 2.39. The van der Waals surface area contributed by atoms with Gasteiger partial charge in [0.05, 0.1) is 5.56 Å². The summed E-state index contributed by atoms with van der Waals surface area (Å²) in [6, 6.07) is 3.24. The number of nitrogens with zero attached hydrogens (tertiary/aromatic N) is 1. The van der Waals surface area contributed by atoms with Gasteiger partial charge in [0, 0.05) is 6.07 Å². The van der Waals surface area contributed by atoms with Crippen LogP contribution in [0.3, 0.4) is 0 Å². The fourth-order valence-electron chi connectivity index (χ4n) is 0.714.